The van der Waals surface area contributed by atoms with Gasteiger partial charge in [0.1, 0.15) is 5.37 Å². The molecule has 0 saturated carbocycles. The van der Waals surface area contributed by atoms with Gasteiger partial charge in [0.2, 0.25) is 0 Å². The van der Waals surface area contributed by atoms with E-state index in [1.807, 2.05) is 36.8 Å². The van der Waals surface area contributed by atoms with Crippen LogP contribution < -0.4 is 21.3 Å². The molecule has 4 N–H and O–H groups in total. The first-order valence-electron chi connectivity index (χ1n) is 8.74. The summed E-state index contributed by atoms with van der Waals surface area (Å²) >= 11 is 7.83. The van der Waals surface area contributed by atoms with Crippen LogP contribution in [0.1, 0.15) is 23.8 Å². The van der Waals surface area contributed by atoms with E-state index in [0.717, 1.165) is 52.9 Å². The molecule has 1 saturated heterocycles. The number of piperidine rings is 1. The van der Waals surface area contributed by atoms with Gasteiger partial charge in [-0.05, 0) is 36.6 Å². The van der Waals surface area contributed by atoms with Crippen molar-refractivity contribution in [1.82, 2.24) is 4.98 Å². The second kappa shape index (κ2) is 7.39. The summed E-state index contributed by atoms with van der Waals surface area (Å²) in [4.78, 5) is 8.91. The van der Waals surface area contributed by atoms with Gasteiger partial charge < -0.3 is 21.3 Å². The number of nitrogens with two attached hydrogens (primary N) is 2. The molecule has 1 fully saturated rings. The van der Waals surface area contributed by atoms with Crippen LogP contribution in [0.2, 0.25) is 5.02 Å². The number of nitrogens with zero attached hydrogens (tertiary/aromatic N) is 3. The van der Waals surface area contributed by atoms with Crippen LogP contribution in [0, 0.1) is 0 Å². The lowest BCUT2D eigenvalue weighted by Crippen LogP contribution is -2.43. The zero-order valence-corrected chi connectivity index (χ0v) is 16.0. The van der Waals surface area contributed by atoms with Gasteiger partial charge in [-0.15, -0.1) is 0 Å². The number of aromatic nitrogens is 1. The van der Waals surface area contributed by atoms with E-state index in [2.05, 4.69) is 26.9 Å². The van der Waals surface area contributed by atoms with Gasteiger partial charge in [-0.3, -0.25) is 4.98 Å². The zero-order chi connectivity index (χ0) is 18.1. The summed E-state index contributed by atoms with van der Waals surface area (Å²) in [5, 5.41) is 1.54. The Hall–Kier alpha value is -1.89. The Labute approximate surface area is 163 Å². The summed E-state index contributed by atoms with van der Waals surface area (Å²) in [6.07, 6.45) is 7.91. The molecule has 1 unspecified atom stereocenters. The lowest BCUT2D eigenvalue weighted by molar-refractivity contribution is 0.506. The van der Waals surface area contributed by atoms with E-state index in [1.165, 1.54) is 0 Å². The van der Waals surface area contributed by atoms with Crippen LogP contribution in [0.4, 0.5) is 11.4 Å². The molecule has 4 rings (SSSR count). The van der Waals surface area contributed by atoms with Crippen LogP contribution in [-0.2, 0) is 0 Å². The highest BCUT2D eigenvalue weighted by Crippen LogP contribution is 2.47. The predicted molar refractivity (Wildman–Crippen MR) is 110 cm³/mol. The first-order chi connectivity index (χ1) is 12.6. The second-order valence-corrected chi connectivity index (χ2v) is 8.27. The molecule has 5 nitrogen and oxygen atoms in total. The molecule has 2 aromatic rings. The molecule has 26 heavy (non-hydrogen) atoms. The predicted octanol–water partition coefficient (Wildman–Crippen LogP) is 3.67. The largest absolute Gasteiger partial charge is 0.392 e. The average Bonchev–Trinajstić information content (AvgIpc) is 3.03. The molecular formula is C19H22ClN5S. The zero-order valence-electron chi connectivity index (χ0n) is 14.4. The number of benzene rings is 1. The number of hydrogen-bond acceptors (Lipinski definition) is 6. The molecule has 0 aliphatic carbocycles. The monoisotopic (exact) mass is 387 g/mol. The molecule has 2 aliphatic heterocycles. The highest BCUT2D eigenvalue weighted by atomic mass is 35.5. The van der Waals surface area contributed by atoms with Crippen LogP contribution >= 0.6 is 23.4 Å². The van der Waals surface area contributed by atoms with Crippen LogP contribution in [-0.4, -0.2) is 24.1 Å². The molecule has 136 valence electrons. The highest BCUT2D eigenvalue weighted by Gasteiger charge is 2.30. The quantitative estimate of drug-likeness (QED) is 0.837. The second-order valence-electron chi connectivity index (χ2n) is 6.68. The van der Waals surface area contributed by atoms with Gasteiger partial charge in [0.05, 0.1) is 22.6 Å². The van der Waals surface area contributed by atoms with E-state index in [9.17, 15) is 0 Å². The molecule has 2 aliphatic rings. The summed E-state index contributed by atoms with van der Waals surface area (Å²) in [5.41, 5.74) is 15.7. The van der Waals surface area contributed by atoms with E-state index in [0.29, 0.717) is 0 Å². The Bertz CT molecular complexity index is 827. The van der Waals surface area contributed by atoms with Crippen molar-refractivity contribution in [3.05, 3.63) is 64.5 Å². The maximum atomic E-state index is 6.21. The molecule has 1 aromatic carbocycles. The fourth-order valence-corrected chi connectivity index (χ4v) is 4.78. The van der Waals surface area contributed by atoms with Gasteiger partial charge in [0.15, 0.2) is 0 Å². The normalized spacial score (nSPS) is 23.2. The van der Waals surface area contributed by atoms with Gasteiger partial charge in [0, 0.05) is 36.6 Å². The Morgan fingerprint density at radius 1 is 1.23 bits per heavy atom. The third-order valence-corrected chi connectivity index (χ3v) is 6.09. The Morgan fingerprint density at radius 3 is 2.92 bits per heavy atom. The van der Waals surface area contributed by atoms with Crippen LogP contribution in [0.25, 0.3) is 0 Å². The Kier molecular flexibility index (Phi) is 4.98. The molecule has 0 amide bonds. The average molecular weight is 388 g/mol. The van der Waals surface area contributed by atoms with Crippen LogP contribution in [0.15, 0.2) is 54.0 Å². The molecule has 0 radical (unpaired) electrons. The number of anilines is 2. The SMILES string of the molecule is NC1=CN(c2cnccc2N2CCCC(N)C2)[C@H](c2cccc(Cl)c2)S1. The van der Waals surface area contributed by atoms with Crippen molar-refractivity contribution < 1.29 is 0 Å². The standard InChI is InChI=1S/C19H22ClN5S/c20-14-4-1-3-13(9-14)19-25(12-18(22)26-19)17-10-23-7-6-16(17)24-8-2-5-15(21)11-24/h1,3-4,6-7,9-10,12,15,19H,2,5,8,11,21-22H2/t15?,19-/m0/s1. The molecule has 2 atom stereocenters. The Balaban J connectivity index is 1.71. The molecule has 3 heterocycles. The van der Waals surface area contributed by atoms with E-state index in [4.69, 9.17) is 23.1 Å². The van der Waals surface area contributed by atoms with Crippen LogP contribution in [0.3, 0.4) is 0 Å². The van der Waals surface area contributed by atoms with Gasteiger partial charge in [0.25, 0.3) is 0 Å². The lowest BCUT2D eigenvalue weighted by atomic mass is 10.1. The fraction of sp³-hybridized carbons (Fsp3) is 0.316. The minimum absolute atomic E-state index is 0.0371. The summed E-state index contributed by atoms with van der Waals surface area (Å²) < 4.78 is 0. The summed E-state index contributed by atoms with van der Waals surface area (Å²) in [6.45, 7) is 1.87. The van der Waals surface area contributed by atoms with Crippen LogP contribution in [0.5, 0.6) is 0 Å². The molecule has 1 aromatic heterocycles. The number of rotatable bonds is 3. The minimum Gasteiger partial charge on any atom is -0.392 e. The maximum Gasteiger partial charge on any atom is 0.111 e. The molecule has 7 heteroatoms. The first-order valence-corrected chi connectivity index (χ1v) is 10.00. The first kappa shape index (κ1) is 17.5. The van der Waals surface area contributed by atoms with Crippen molar-refractivity contribution in [3.63, 3.8) is 0 Å². The molecule has 0 bridgehead atoms. The smallest absolute Gasteiger partial charge is 0.111 e. The molecule has 0 spiro atoms. The molecular weight excluding hydrogens is 366 g/mol. The van der Waals surface area contributed by atoms with Gasteiger partial charge >= 0.3 is 0 Å². The van der Waals surface area contributed by atoms with Crippen molar-refractivity contribution in [2.45, 2.75) is 24.3 Å². The number of pyridine rings is 1. The number of halogens is 1. The van der Waals surface area contributed by atoms with E-state index < -0.39 is 0 Å². The van der Waals surface area contributed by atoms with E-state index in [1.54, 1.807) is 11.8 Å². The highest BCUT2D eigenvalue weighted by molar-refractivity contribution is 8.03. The minimum atomic E-state index is 0.0371. The topological polar surface area (TPSA) is 71.4 Å². The third-order valence-electron chi connectivity index (χ3n) is 4.75. The number of thioether (sulfide) groups is 1. The third kappa shape index (κ3) is 3.49. The summed E-state index contributed by atoms with van der Waals surface area (Å²) in [5.74, 6) is 0. The Morgan fingerprint density at radius 2 is 2.12 bits per heavy atom. The van der Waals surface area contributed by atoms with Crippen molar-refractivity contribution in [2.24, 2.45) is 11.5 Å². The van der Waals surface area contributed by atoms with Crippen molar-refractivity contribution in [2.75, 3.05) is 22.9 Å². The fourth-order valence-electron chi connectivity index (χ4n) is 3.58. The van der Waals surface area contributed by atoms with Gasteiger partial charge in [-0.25, -0.2) is 0 Å². The van der Waals surface area contributed by atoms with E-state index >= 15 is 0 Å². The van der Waals surface area contributed by atoms with Crippen molar-refractivity contribution in [3.8, 4) is 0 Å². The number of hydrogen-bond donors (Lipinski definition) is 2. The maximum absolute atomic E-state index is 6.21. The van der Waals surface area contributed by atoms with Crippen molar-refractivity contribution in [1.29, 1.82) is 0 Å². The van der Waals surface area contributed by atoms with Gasteiger partial charge in [-0.1, -0.05) is 35.5 Å². The van der Waals surface area contributed by atoms with E-state index in [-0.39, 0.29) is 11.4 Å². The summed E-state index contributed by atoms with van der Waals surface area (Å²) in [6, 6.07) is 10.2. The van der Waals surface area contributed by atoms with Crippen molar-refractivity contribution >= 4 is 34.7 Å². The lowest BCUT2D eigenvalue weighted by Gasteiger charge is -2.36. The summed E-state index contributed by atoms with van der Waals surface area (Å²) in [7, 11) is 0. The van der Waals surface area contributed by atoms with Gasteiger partial charge in [-0.2, -0.15) is 0 Å².